The molecule has 0 aliphatic heterocycles. The summed E-state index contributed by atoms with van der Waals surface area (Å²) >= 11 is 0. The Morgan fingerprint density at radius 2 is 2.12 bits per heavy atom. The third kappa shape index (κ3) is 1.98. The van der Waals surface area contributed by atoms with Crippen molar-refractivity contribution in [3.63, 3.8) is 0 Å². The van der Waals surface area contributed by atoms with Crippen LogP contribution >= 0.6 is 0 Å². The molecule has 1 N–H and O–H groups in total. The molecule has 2 unspecified atom stereocenters. The first kappa shape index (κ1) is 11.9. The van der Waals surface area contributed by atoms with E-state index in [0.717, 1.165) is 12.8 Å². The summed E-state index contributed by atoms with van der Waals surface area (Å²) in [4.78, 5) is 0. The van der Waals surface area contributed by atoms with Crippen molar-refractivity contribution in [2.75, 3.05) is 6.61 Å². The number of hydrogen-bond donors (Lipinski definition) is 1. The second-order valence-corrected chi connectivity index (χ2v) is 6.01. The summed E-state index contributed by atoms with van der Waals surface area (Å²) in [5.74, 6) is 1.19. The zero-order valence-corrected chi connectivity index (χ0v) is 10.8. The Morgan fingerprint density at radius 3 is 2.69 bits per heavy atom. The van der Waals surface area contributed by atoms with E-state index < -0.39 is 0 Å². The molecule has 0 heterocycles. The lowest BCUT2D eigenvalue weighted by atomic mass is 9.70. The van der Waals surface area contributed by atoms with Crippen LogP contribution in [0.3, 0.4) is 0 Å². The molecule has 0 saturated carbocycles. The molecule has 2 aliphatic carbocycles. The lowest BCUT2D eigenvalue weighted by Gasteiger charge is -2.35. The highest BCUT2D eigenvalue weighted by atomic mass is 16.3. The molecule has 1 heteroatoms. The number of aliphatic hydroxyl groups is 1. The predicted octanol–water partition coefficient (Wildman–Crippen LogP) is 3.70. The van der Waals surface area contributed by atoms with Gasteiger partial charge in [-0.1, -0.05) is 37.1 Å². The van der Waals surface area contributed by atoms with Gasteiger partial charge in [-0.25, -0.2) is 0 Å². The zero-order valence-electron chi connectivity index (χ0n) is 10.8. The van der Waals surface area contributed by atoms with E-state index in [2.05, 4.69) is 32.9 Å². The van der Waals surface area contributed by atoms with Gasteiger partial charge in [0.25, 0.3) is 0 Å². The van der Waals surface area contributed by atoms with Gasteiger partial charge < -0.3 is 5.11 Å². The van der Waals surface area contributed by atoms with Crippen LogP contribution in [0, 0.1) is 17.3 Å². The molecule has 0 aromatic rings. The van der Waals surface area contributed by atoms with E-state index in [0.29, 0.717) is 23.9 Å². The van der Waals surface area contributed by atoms with E-state index in [-0.39, 0.29) is 0 Å². The fourth-order valence-electron chi connectivity index (χ4n) is 3.21. The van der Waals surface area contributed by atoms with E-state index in [9.17, 15) is 5.11 Å². The van der Waals surface area contributed by atoms with Crippen LogP contribution < -0.4 is 0 Å². The van der Waals surface area contributed by atoms with Gasteiger partial charge >= 0.3 is 0 Å². The van der Waals surface area contributed by atoms with Crippen molar-refractivity contribution in [2.45, 2.75) is 46.5 Å². The van der Waals surface area contributed by atoms with Crippen molar-refractivity contribution in [1.29, 1.82) is 0 Å². The first-order valence-electron chi connectivity index (χ1n) is 6.52. The van der Waals surface area contributed by atoms with Crippen LogP contribution in [0.25, 0.3) is 0 Å². The van der Waals surface area contributed by atoms with Crippen molar-refractivity contribution < 1.29 is 5.11 Å². The molecule has 2 rings (SSSR count). The largest absolute Gasteiger partial charge is 0.396 e. The summed E-state index contributed by atoms with van der Waals surface area (Å²) in [5.41, 5.74) is 3.45. The molecule has 1 nitrogen and oxygen atoms in total. The highest BCUT2D eigenvalue weighted by Crippen LogP contribution is 2.49. The Kier molecular flexibility index (Phi) is 3.25. The Balaban J connectivity index is 2.12. The fourth-order valence-corrected chi connectivity index (χ4v) is 3.21. The minimum absolute atomic E-state index is 0.323. The normalized spacial score (nSPS) is 33.5. The maximum absolute atomic E-state index is 9.29. The van der Waals surface area contributed by atoms with Crippen molar-refractivity contribution in [1.82, 2.24) is 0 Å². The molecule has 0 amide bonds. The van der Waals surface area contributed by atoms with Crippen molar-refractivity contribution in [2.24, 2.45) is 17.3 Å². The highest BCUT2D eigenvalue weighted by molar-refractivity contribution is 5.27. The average molecular weight is 220 g/mol. The van der Waals surface area contributed by atoms with Crippen LogP contribution in [0.4, 0.5) is 0 Å². The van der Waals surface area contributed by atoms with Gasteiger partial charge in [-0.15, -0.1) is 0 Å². The van der Waals surface area contributed by atoms with Crippen LogP contribution in [-0.2, 0) is 0 Å². The standard InChI is InChI=1S/C15H24O/c1-11-7-8-14(15(11,2)3)13-6-4-5-12(9-13)10-16/h6-7,12,14,16H,4-5,8-10H2,1-3H3. The SMILES string of the molecule is CC1=CCC(C2=CCCC(CO)C2)C1(C)C. The molecule has 0 spiro atoms. The quantitative estimate of drug-likeness (QED) is 0.704. The molecule has 0 saturated heterocycles. The van der Waals surface area contributed by atoms with Crippen molar-refractivity contribution in [3.05, 3.63) is 23.3 Å². The summed E-state index contributed by atoms with van der Waals surface area (Å²) in [7, 11) is 0. The van der Waals surface area contributed by atoms with Crippen LogP contribution in [0.15, 0.2) is 23.3 Å². The third-order valence-corrected chi connectivity index (χ3v) is 4.76. The lowest BCUT2D eigenvalue weighted by molar-refractivity contribution is 0.204. The van der Waals surface area contributed by atoms with Crippen LogP contribution in [-0.4, -0.2) is 11.7 Å². The molecular weight excluding hydrogens is 196 g/mol. The van der Waals surface area contributed by atoms with Crippen LogP contribution in [0.2, 0.25) is 0 Å². The van der Waals surface area contributed by atoms with Crippen molar-refractivity contribution in [3.8, 4) is 0 Å². The van der Waals surface area contributed by atoms with Gasteiger partial charge in [-0.3, -0.25) is 0 Å². The van der Waals surface area contributed by atoms with E-state index >= 15 is 0 Å². The fraction of sp³-hybridized carbons (Fsp3) is 0.733. The molecule has 0 radical (unpaired) electrons. The molecule has 0 bridgehead atoms. The molecule has 2 atom stereocenters. The summed E-state index contributed by atoms with van der Waals surface area (Å²) in [5, 5.41) is 9.29. The zero-order chi connectivity index (χ0) is 11.8. The summed E-state index contributed by atoms with van der Waals surface area (Å²) in [6.45, 7) is 7.34. The van der Waals surface area contributed by atoms with Gasteiger partial charge in [0.2, 0.25) is 0 Å². The Hall–Kier alpha value is -0.560. The third-order valence-electron chi connectivity index (χ3n) is 4.76. The van der Waals surface area contributed by atoms with Gasteiger partial charge in [-0.05, 0) is 49.9 Å². The second-order valence-electron chi connectivity index (χ2n) is 6.01. The topological polar surface area (TPSA) is 20.2 Å². The Morgan fingerprint density at radius 1 is 1.38 bits per heavy atom. The van der Waals surface area contributed by atoms with Gasteiger partial charge in [0.1, 0.15) is 0 Å². The summed E-state index contributed by atoms with van der Waals surface area (Å²) in [6.07, 6.45) is 9.47. The maximum atomic E-state index is 9.29. The van der Waals surface area contributed by atoms with E-state index in [4.69, 9.17) is 0 Å². The molecular formula is C15H24O. The van der Waals surface area contributed by atoms with Crippen molar-refractivity contribution >= 4 is 0 Å². The molecule has 0 aromatic carbocycles. The second kappa shape index (κ2) is 4.37. The number of aliphatic hydroxyl groups excluding tert-OH is 1. The van der Waals surface area contributed by atoms with E-state index in [1.807, 2.05) is 0 Å². The first-order valence-corrected chi connectivity index (χ1v) is 6.52. The molecule has 0 aromatic heterocycles. The van der Waals surface area contributed by atoms with Crippen LogP contribution in [0.1, 0.15) is 46.5 Å². The molecule has 2 aliphatic rings. The summed E-state index contributed by atoms with van der Waals surface area (Å²) in [6, 6.07) is 0. The Bertz CT molecular complexity index is 322. The highest BCUT2D eigenvalue weighted by Gasteiger charge is 2.37. The molecule has 16 heavy (non-hydrogen) atoms. The number of rotatable bonds is 2. The first-order chi connectivity index (χ1) is 7.55. The minimum Gasteiger partial charge on any atom is -0.396 e. The van der Waals surface area contributed by atoms with E-state index in [1.54, 1.807) is 5.57 Å². The number of allylic oxidation sites excluding steroid dienone is 4. The minimum atomic E-state index is 0.323. The smallest absolute Gasteiger partial charge is 0.0462 e. The van der Waals surface area contributed by atoms with Gasteiger partial charge in [0.15, 0.2) is 0 Å². The maximum Gasteiger partial charge on any atom is 0.0462 e. The average Bonchev–Trinajstić information content (AvgIpc) is 2.54. The number of hydrogen-bond acceptors (Lipinski definition) is 1. The van der Waals surface area contributed by atoms with Gasteiger partial charge in [0.05, 0.1) is 0 Å². The predicted molar refractivity (Wildman–Crippen MR) is 68.2 cm³/mol. The van der Waals surface area contributed by atoms with Gasteiger partial charge in [0, 0.05) is 6.61 Å². The van der Waals surface area contributed by atoms with Gasteiger partial charge in [-0.2, -0.15) is 0 Å². The van der Waals surface area contributed by atoms with E-state index in [1.165, 1.54) is 18.4 Å². The monoisotopic (exact) mass is 220 g/mol. The molecule has 0 fully saturated rings. The summed E-state index contributed by atoms with van der Waals surface area (Å²) < 4.78 is 0. The Labute approximate surface area is 99.3 Å². The van der Waals surface area contributed by atoms with Crippen LogP contribution in [0.5, 0.6) is 0 Å². The lowest BCUT2D eigenvalue weighted by Crippen LogP contribution is -2.25. The molecule has 90 valence electrons.